The number of amides is 2. The van der Waals surface area contributed by atoms with E-state index in [9.17, 15) is 4.79 Å². The Hall–Kier alpha value is -2.47. The number of benzene rings is 1. The van der Waals surface area contributed by atoms with Crippen molar-refractivity contribution in [1.29, 1.82) is 0 Å². The number of thiazole rings is 1. The normalized spacial score (nSPS) is 10.6. The van der Waals surface area contributed by atoms with Crippen LogP contribution >= 0.6 is 11.3 Å². The molecular weight excluding hydrogens is 296 g/mol. The molecule has 0 radical (unpaired) electrons. The Morgan fingerprint density at radius 2 is 2.23 bits per heavy atom. The number of nitrogens with one attached hydrogen (secondary N) is 2. The molecule has 2 amide bonds. The van der Waals surface area contributed by atoms with Crippen LogP contribution in [-0.4, -0.2) is 22.5 Å². The Kier molecular flexibility index (Phi) is 4.02. The number of urea groups is 1. The van der Waals surface area contributed by atoms with Gasteiger partial charge in [-0.3, -0.25) is 10.3 Å². The average Bonchev–Trinajstić information content (AvgIpc) is 2.89. The van der Waals surface area contributed by atoms with Crippen LogP contribution in [0.5, 0.6) is 0 Å². The third kappa shape index (κ3) is 2.92. The van der Waals surface area contributed by atoms with Crippen molar-refractivity contribution in [2.24, 2.45) is 0 Å². The van der Waals surface area contributed by atoms with Gasteiger partial charge in [0.25, 0.3) is 0 Å². The van der Waals surface area contributed by atoms with E-state index in [-0.39, 0.29) is 6.03 Å². The number of anilines is 1. The molecule has 112 valence electrons. The highest BCUT2D eigenvalue weighted by Crippen LogP contribution is 2.35. The number of pyridine rings is 1. The molecule has 22 heavy (non-hydrogen) atoms. The summed E-state index contributed by atoms with van der Waals surface area (Å²) in [6.45, 7) is 4.49. The molecule has 6 heteroatoms. The lowest BCUT2D eigenvalue weighted by Gasteiger charge is -2.03. The van der Waals surface area contributed by atoms with Crippen LogP contribution in [0.1, 0.15) is 12.5 Å². The minimum Gasteiger partial charge on any atom is -0.338 e. The molecule has 0 aliphatic rings. The van der Waals surface area contributed by atoms with Gasteiger partial charge in [0.15, 0.2) is 5.13 Å². The summed E-state index contributed by atoms with van der Waals surface area (Å²) in [5.41, 5.74) is 4.14. The van der Waals surface area contributed by atoms with Gasteiger partial charge in [0.2, 0.25) is 0 Å². The molecule has 0 bridgehead atoms. The van der Waals surface area contributed by atoms with Crippen LogP contribution in [-0.2, 0) is 0 Å². The van der Waals surface area contributed by atoms with Crippen LogP contribution in [0.3, 0.4) is 0 Å². The first-order valence-corrected chi connectivity index (χ1v) is 7.85. The number of rotatable bonds is 3. The first-order valence-electron chi connectivity index (χ1n) is 7.04. The highest BCUT2D eigenvalue weighted by molar-refractivity contribution is 7.22. The molecule has 2 aromatic heterocycles. The first-order chi connectivity index (χ1) is 10.7. The molecule has 0 aliphatic heterocycles. The summed E-state index contributed by atoms with van der Waals surface area (Å²) in [6.07, 6.45) is 3.59. The van der Waals surface area contributed by atoms with E-state index < -0.39 is 0 Å². The van der Waals surface area contributed by atoms with Crippen LogP contribution in [0.25, 0.3) is 21.3 Å². The Labute approximate surface area is 132 Å². The zero-order valence-electron chi connectivity index (χ0n) is 12.4. The fourth-order valence-corrected chi connectivity index (χ4v) is 3.24. The van der Waals surface area contributed by atoms with Crippen LogP contribution in [0.4, 0.5) is 9.93 Å². The highest BCUT2D eigenvalue weighted by Gasteiger charge is 2.12. The fourth-order valence-electron chi connectivity index (χ4n) is 2.27. The molecule has 0 saturated carbocycles. The van der Waals surface area contributed by atoms with Gasteiger partial charge in [-0.25, -0.2) is 9.78 Å². The molecule has 2 N–H and O–H groups in total. The third-order valence-electron chi connectivity index (χ3n) is 3.16. The van der Waals surface area contributed by atoms with Gasteiger partial charge in [-0.15, -0.1) is 0 Å². The maximum Gasteiger partial charge on any atom is 0.321 e. The summed E-state index contributed by atoms with van der Waals surface area (Å²) in [7, 11) is 0. The Morgan fingerprint density at radius 3 is 2.95 bits per heavy atom. The monoisotopic (exact) mass is 312 g/mol. The highest BCUT2D eigenvalue weighted by atomic mass is 32.1. The van der Waals surface area contributed by atoms with Crippen molar-refractivity contribution in [3.05, 3.63) is 42.2 Å². The summed E-state index contributed by atoms with van der Waals surface area (Å²) < 4.78 is 1.05. The number of nitrogens with zero attached hydrogens (tertiary/aromatic N) is 2. The van der Waals surface area contributed by atoms with Gasteiger partial charge in [-0.05, 0) is 37.6 Å². The van der Waals surface area contributed by atoms with E-state index in [0.29, 0.717) is 11.7 Å². The standard InChI is InChI=1S/C16H16N4OS/c1-3-18-15(21)20-16-19-13-8-10(2)7-12(14(13)22-16)11-5-4-6-17-9-11/h4-9H,3H2,1-2H3,(H2,18,19,20,21). The maximum absolute atomic E-state index is 11.6. The average molecular weight is 312 g/mol. The van der Waals surface area contributed by atoms with E-state index in [1.165, 1.54) is 11.3 Å². The SMILES string of the molecule is CCNC(=O)Nc1nc2cc(C)cc(-c3cccnc3)c2s1. The Bertz CT molecular complexity index is 814. The van der Waals surface area contributed by atoms with Crippen molar-refractivity contribution < 1.29 is 4.79 Å². The van der Waals surface area contributed by atoms with Gasteiger partial charge < -0.3 is 5.32 Å². The first kappa shape index (κ1) is 14.5. The summed E-state index contributed by atoms with van der Waals surface area (Å²) in [5.74, 6) is 0. The molecule has 0 atom stereocenters. The molecule has 0 spiro atoms. The van der Waals surface area contributed by atoms with Gasteiger partial charge in [0.05, 0.1) is 10.2 Å². The van der Waals surface area contributed by atoms with E-state index in [0.717, 1.165) is 26.9 Å². The number of hydrogen-bond donors (Lipinski definition) is 2. The van der Waals surface area contributed by atoms with E-state index in [1.807, 2.05) is 38.2 Å². The van der Waals surface area contributed by atoms with Gasteiger partial charge in [0, 0.05) is 30.1 Å². The molecule has 0 fully saturated rings. The summed E-state index contributed by atoms with van der Waals surface area (Å²) in [5, 5.41) is 6.07. The molecule has 0 saturated heterocycles. The van der Waals surface area contributed by atoms with E-state index in [1.54, 1.807) is 6.20 Å². The van der Waals surface area contributed by atoms with Crippen LogP contribution in [0.15, 0.2) is 36.7 Å². The molecule has 5 nitrogen and oxygen atoms in total. The topological polar surface area (TPSA) is 66.9 Å². The van der Waals surface area contributed by atoms with E-state index >= 15 is 0 Å². The number of carbonyl (C=O) groups is 1. The minimum absolute atomic E-state index is 0.235. The maximum atomic E-state index is 11.6. The Morgan fingerprint density at radius 1 is 1.36 bits per heavy atom. The Balaban J connectivity index is 2.06. The second-order valence-corrected chi connectivity index (χ2v) is 5.90. The van der Waals surface area contributed by atoms with Crippen molar-refractivity contribution in [3.63, 3.8) is 0 Å². The predicted octanol–water partition coefficient (Wildman–Crippen LogP) is 3.81. The smallest absolute Gasteiger partial charge is 0.321 e. The lowest BCUT2D eigenvalue weighted by Crippen LogP contribution is -2.28. The predicted molar refractivity (Wildman–Crippen MR) is 90.3 cm³/mol. The molecule has 1 aromatic carbocycles. The zero-order valence-corrected chi connectivity index (χ0v) is 13.2. The molecular formula is C16H16N4OS. The second-order valence-electron chi connectivity index (χ2n) is 4.91. The molecule has 3 aromatic rings. The lowest BCUT2D eigenvalue weighted by atomic mass is 10.0. The minimum atomic E-state index is -0.235. The van der Waals surface area contributed by atoms with Crippen molar-refractivity contribution >= 4 is 32.7 Å². The quantitative estimate of drug-likeness (QED) is 0.773. The van der Waals surface area contributed by atoms with Gasteiger partial charge in [-0.1, -0.05) is 17.4 Å². The number of aromatic nitrogens is 2. The second kappa shape index (κ2) is 6.11. The third-order valence-corrected chi connectivity index (χ3v) is 4.18. The van der Waals surface area contributed by atoms with Gasteiger partial charge >= 0.3 is 6.03 Å². The van der Waals surface area contributed by atoms with Gasteiger partial charge in [0.1, 0.15) is 0 Å². The van der Waals surface area contributed by atoms with Crippen LogP contribution in [0, 0.1) is 6.92 Å². The number of hydrogen-bond acceptors (Lipinski definition) is 4. The lowest BCUT2D eigenvalue weighted by molar-refractivity contribution is 0.252. The summed E-state index contributed by atoms with van der Waals surface area (Å²) in [6, 6.07) is 7.85. The zero-order chi connectivity index (χ0) is 15.5. The van der Waals surface area contributed by atoms with Crippen LogP contribution < -0.4 is 10.6 Å². The van der Waals surface area contributed by atoms with Crippen molar-refractivity contribution in [2.75, 3.05) is 11.9 Å². The molecule has 0 aliphatic carbocycles. The molecule has 3 rings (SSSR count). The summed E-state index contributed by atoms with van der Waals surface area (Å²) in [4.78, 5) is 20.3. The number of aryl methyl sites for hydroxylation is 1. The van der Waals surface area contributed by atoms with E-state index in [2.05, 4.69) is 26.7 Å². The summed E-state index contributed by atoms with van der Waals surface area (Å²) >= 11 is 1.47. The van der Waals surface area contributed by atoms with E-state index in [4.69, 9.17) is 0 Å². The van der Waals surface area contributed by atoms with Gasteiger partial charge in [-0.2, -0.15) is 0 Å². The fraction of sp³-hybridized carbons (Fsp3) is 0.188. The number of fused-ring (bicyclic) bond motifs is 1. The largest absolute Gasteiger partial charge is 0.338 e. The van der Waals surface area contributed by atoms with Crippen LogP contribution in [0.2, 0.25) is 0 Å². The van der Waals surface area contributed by atoms with Crippen molar-refractivity contribution in [3.8, 4) is 11.1 Å². The van der Waals surface area contributed by atoms with Crippen molar-refractivity contribution in [1.82, 2.24) is 15.3 Å². The molecule has 0 unspecified atom stereocenters. The number of carbonyl (C=O) groups excluding carboxylic acids is 1. The van der Waals surface area contributed by atoms with Crippen molar-refractivity contribution in [2.45, 2.75) is 13.8 Å². The molecule has 2 heterocycles.